The van der Waals surface area contributed by atoms with Crippen molar-refractivity contribution in [2.75, 3.05) is 19.5 Å². The summed E-state index contributed by atoms with van der Waals surface area (Å²) in [6, 6.07) is 10.0. The smallest absolute Gasteiger partial charge is 0.319 e. The number of carbonyl (C=O) groups is 1. The van der Waals surface area contributed by atoms with Gasteiger partial charge in [-0.05, 0) is 43.3 Å². The summed E-state index contributed by atoms with van der Waals surface area (Å²) in [7, 11) is 3.17. The maximum atomic E-state index is 12.2. The van der Waals surface area contributed by atoms with Gasteiger partial charge in [-0.1, -0.05) is 27.5 Å². The Kier molecular flexibility index (Phi) is 6.34. The maximum absolute atomic E-state index is 12.2. The summed E-state index contributed by atoms with van der Waals surface area (Å²) < 4.78 is 11.4. The van der Waals surface area contributed by atoms with Crippen LogP contribution in [0.3, 0.4) is 0 Å². The lowest BCUT2D eigenvalue weighted by molar-refractivity contribution is 0.249. The second-order valence-electron chi connectivity index (χ2n) is 5.05. The average molecular weight is 414 g/mol. The van der Waals surface area contributed by atoms with Gasteiger partial charge in [0.1, 0.15) is 11.5 Å². The highest BCUT2D eigenvalue weighted by molar-refractivity contribution is 9.10. The van der Waals surface area contributed by atoms with Crippen LogP contribution >= 0.6 is 27.5 Å². The molecule has 1 atom stereocenters. The number of urea groups is 1. The number of hydrogen-bond donors (Lipinski definition) is 2. The van der Waals surface area contributed by atoms with E-state index < -0.39 is 0 Å². The van der Waals surface area contributed by atoms with E-state index in [0.717, 1.165) is 10.0 Å². The van der Waals surface area contributed by atoms with Crippen LogP contribution in [0.1, 0.15) is 18.5 Å². The molecule has 5 nitrogen and oxygen atoms in total. The number of hydrogen-bond acceptors (Lipinski definition) is 3. The Bertz CT molecular complexity index is 740. The summed E-state index contributed by atoms with van der Waals surface area (Å²) in [5, 5.41) is 6.04. The monoisotopic (exact) mass is 412 g/mol. The van der Waals surface area contributed by atoms with Crippen molar-refractivity contribution in [3.63, 3.8) is 0 Å². The molecular formula is C17H18BrClN2O3. The number of carbonyl (C=O) groups excluding carboxylic acids is 1. The lowest BCUT2D eigenvalue weighted by Crippen LogP contribution is -2.31. The van der Waals surface area contributed by atoms with E-state index in [2.05, 4.69) is 26.6 Å². The van der Waals surface area contributed by atoms with Gasteiger partial charge in [-0.3, -0.25) is 0 Å². The Balaban J connectivity index is 2.11. The number of ether oxygens (including phenoxy) is 2. The van der Waals surface area contributed by atoms with E-state index in [4.69, 9.17) is 21.1 Å². The normalized spacial score (nSPS) is 11.5. The number of benzene rings is 2. The molecule has 0 aliphatic heterocycles. The van der Waals surface area contributed by atoms with Crippen LogP contribution in [-0.4, -0.2) is 20.3 Å². The van der Waals surface area contributed by atoms with Crippen LogP contribution in [0.2, 0.25) is 5.02 Å². The van der Waals surface area contributed by atoms with Gasteiger partial charge in [0.2, 0.25) is 0 Å². The number of halogens is 2. The highest BCUT2D eigenvalue weighted by Gasteiger charge is 2.16. The summed E-state index contributed by atoms with van der Waals surface area (Å²) in [6.07, 6.45) is 0. The topological polar surface area (TPSA) is 59.6 Å². The molecule has 0 aliphatic rings. The molecule has 2 rings (SSSR count). The van der Waals surface area contributed by atoms with Crippen molar-refractivity contribution in [2.24, 2.45) is 0 Å². The molecule has 0 spiro atoms. The predicted molar refractivity (Wildman–Crippen MR) is 99.3 cm³/mol. The minimum Gasteiger partial charge on any atom is -0.497 e. The fourth-order valence-corrected chi connectivity index (χ4v) is 2.92. The van der Waals surface area contributed by atoms with Crippen LogP contribution in [0.25, 0.3) is 0 Å². The molecule has 0 radical (unpaired) electrons. The number of methoxy groups -OCH3 is 2. The molecule has 0 saturated carbocycles. The second kappa shape index (κ2) is 8.26. The van der Waals surface area contributed by atoms with Gasteiger partial charge in [-0.25, -0.2) is 4.79 Å². The van der Waals surface area contributed by atoms with E-state index in [-0.39, 0.29) is 12.1 Å². The third-order valence-corrected chi connectivity index (χ3v) is 4.24. The van der Waals surface area contributed by atoms with Crippen molar-refractivity contribution >= 4 is 39.2 Å². The van der Waals surface area contributed by atoms with Crippen molar-refractivity contribution < 1.29 is 14.3 Å². The number of rotatable bonds is 5. The number of amides is 2. The van der Waals surface area contributed by atoms with Crippen molar-refractivity contribution in [1.29, 1.82) is 0 Å². The van der Waals surface area contributed by atoms with Gasteiger partial charge in [0.15, 0.2) is 0 Å². The quantitative estimate of drug-likeness (QED) is 0.725. The van der Waals surface area contributed by atoms with E-state index in [9.17, 15) is 4.79 Å². The number of nitrogens with one attached hydrogen (secondary N) is 2. The first kappa shape index (κ1) is 18.4. The van der Waals surface area contributed by atoms with Crippen molar-refractivity contribution in [3.05, 3.63) is 51.5 Å². The summed E-state index contributed by atoms with van der Waals surface area (Å²) >= 11 is 9.43. The highest BCUT2D eigenvalue weighted by Crippen LogP contribution is 2.30. The van der Waals surface area contributed by atoms with Crippen LogP contribution in [0.5, 0.6) is 11.5 Å². The number of anilines is 1. The first-order valence-electron chi connectivity index (χ1n) is 7.19. The largest absolute Gasteiger partial charge is 0.497 e. The minimum absolute atomic E-state index is 0.288. The van der Waals surface area contributed by atoms with Gasteiger partial charge in [-0.15, -0.1) is 0 Å². The molecule has 0 saturated heterocycles. The average Bonchev–Trinajstić information content (AvgIpc) is 2.56. The highest BCUT2D eigenvalue weighted by atomic mass is 79.9. The Morgan fingerprint density at radius 3 is 2.54 bits per heavy atom. The maximum Gasteiger partial charge on any atom is 0.319 e. The summed E-state index contributed by atoms with van der Waals surface area (Å²) in [5.41, 5.74) is 1.34. The molecule has 0 heterocycles. The van der Waals surface area contributed by atoms with Crippen LogP contribution in [0.15, 0.2) is 40.9 Å². The molecule has 2 N–H and O–H groups in total. The minimum atomic E-state index is -0.364. The summed E-state index contributed by atoms with van der Waals surface area (Å²) in [6.45, 7) is 1.86. The van der Waals surface area contributed by atoms with Crippen LogP contribution in [0, 0.1) is 0 Å². The third-order valence-electron chi connectivity index (χ3n) is 3.43. The van der Waals surface area contributed by atoms with Gasteiger partial charge >= 0.3 is 6.03 Å². The van der Waals surface area contributed by atoms with Gasteiger partial charge in [0.05, 0.1) is 31.0 Å². The second-order valence-corrected chi connectivity index (χ2v) is 6.38. The van der Waals surface area contributed by atoms with E-state index in [1.54, 1.807) is 44.6 Å². The fraction of sp³-hybridized carbons (Fsp3) is 0.235. The Morgan fingerprint density at radius 1 is 1.17 bits per heavy atom. The fourth-order valence-electron chi connectivity index (χ4n) is 2.20. The zero-order valence-corrected chi connectivity index (χ0v) is 15.9. The summed E-state index contributed by atoms with van der Waals surface area (Å²) in [4.78, 5) is 12.2. The van der Waals surface area contributed by atoms with E-state index in [1.807, 2.05) is 13.0 Å². The molecule has 1 unspecified atom stereocenters. The molecular weight excluding hydrogens is 396 g/mol. The van der Waals surface area contributed by atoms with Gasteiger partial charge in [0, 0.05) is 10.0 Å². The molecule has 2 amide bonds. The first-order valence-corrected chi connectivity index (χ1v) is 8.36. The zero-order chi connectivity index (χ0) is 17.7. The van der Waals surface area contributed by atoms with Crippen LogP contribution < -0.4 is 20.1 Å². The third kappa shape index (κ3) is 4.55. The van der Waals surface area contributed by atoms with Crippen molar-refractivity contribution in [3.8, 4) is 11.5 Å². The lowest BCUT2D eigenvalue weighted by atomic mass is 10.1. The van der Waals surface area contributed by atoms with Crippen molar-refractivity contribution in [1.82, 2.24) is 5.32 Å². The van der Waals surface area contributed by atoms with E-state index >= 15 is 0 Å². The molecule has 0 bridgehead atoms. The molecule has 24 heavy (non-hydrogen) atoms. The summed E-state index contributed by atoms with van der Waals surface area (Å²) in [5.74, 6) is 1.36. The SMILES string of the molecule is COc1ccc(OC)c(C(C)NC(=O)Nc2ccc(Br)cc2Cl)c1. The van der Waals surface area contributed by atoms with E-state index in [1.165, 1.54) is 0 Å². The molecule has 2 aromatic carbocycles. The molecule has 128 valence electrons. The van der Waals surface area contributed by atoms with Crippen LogP contribution in [-0.2, 0) is 0 Å². The van der Waals surface area contributed by atoms with Gasteiger partial charge in [0.25, 0.3) is 0 Å². The van der Waals surface area contributed by atoms with Crippen LogP contribution in [0.4, 0.5) is 10.5 Å². The zero-order valence-electron chi connectivity index (χ0n) is 13.5. The van der Waals surface area contributed by atoms with E-state index in [0.29, 0.717) is 22.2 Å². The Hall–Kier alpha value is -1.92. The molecule has 0 aromatic heterocycles. The molecule has 2 aromatic rings. The first-order chi connectivity index (χ1) is 11.4. The lowest BCUT2D eigenvalue weighted by Gasteiger charge is -2.19. The Labute approximate surface area is 154 Å². The van der Waals surface area contributed by atoms with Gasteiger partial charge < -0.3 is 20.1 Å². The molecule has 0 fully saturated rings. The standard InChI is InChI=1S/C17H18BrClN2O3/c1-10(13-9-12(23-2)5-7-16(13)24-3)20-17(22)21-15-6-4-11(18)8-14(15)19/h4-10H,1-3H3,(H2,20,21,22). The predicted octanol–water partition coefficient (Wildman–Crippen LogP) is 5.00. The Morgan fingerprint density at radius 2 is 1.92 bits per heavy atom. The van der Waals surface area contributed by atoms with Crippen molar-refractivity contribution in [2.45, 2.75) is 13.0 Å². The molecule has 7 heteroatoms. The molecule has 0 aliphatic carbocycles. The van der Waals surface area contributed by atoms with Gasteiger partial charge in [-0.2, -0.15) is 0 Å².